The summed E-state index contributed by atoms with van der Waals surface area (Å²) in [5.74, 6) is 0.353. The van der Waals surface area contributed by atoms with Crippen molar-refractivity contribution in [1.29, 1.82) is 0 Å². The van der Waals surface area contributed by atoms with Crippen LogP contribution in [-0.4, -0.2) is 114 Å². The molecule has 360 valence electrons. The maximum absolute atomic E-state index is 18.3. The van der Waals surface area contributed by atoms with Crippen molar-refractivity contribution in [2.24, 2.45) is 5.41 Å². The van der Waals surface area contributed by atoms with Gasteiger partial charge in [0.15, 0.2) is 20.4 Å². The summed E-state index contributed by atoms with van der Waals surface area (Å²) >= 11 is 0. The van der Waals surface area contributed by atoms with Crippen molar-refractivity contribution in [3.8, 4) is 23.1 Å². The molecule has 0 N–H and O–H groups in total. The summed E-state index contributed by atoms with van der Waals surface area (Å²) in [5, 5.41) is 6.02. The SMILES string of the molecule is COc1nc(-c2c(C3CC3)c(C)cc3c2cnn3C2CCCCO2)c(F)c2nc(OC[C@]34CCC[C@H]3N(C(=O)OC(C)(C)C)CCC4)nc(N3CCOC[C@@](C)(O[Si](C)(C)C(C)(C)C)C3)c12. The molecule has 0 spiro atoms. The number of methoxy groups -OCH3 is 1. The Morgan fingerprint density at radius 3 is 2.45 bits per heavy atom. The molecule has 2 saturated carbocycles. The molecule has 5 aliphatic rings. The average Bonchev–Trinajstić information content (AvgIpc) is 3.91. The van der Waals surface area contributed by atoms with Crippen LogP contribution in [0.4, 0.5) is 15.0 Å². The molecule has 1 aromatic carbocycles. The lowest BCUT2D eigenvalue weighted by molar-refractivity contribution is -0.0366. The van der Waals surface area contributed by atoms with Gasteiger partial charge in [0, 0.05) is 48.6 Å². The van der Waals surface area contributed by atoms with E-state index in [1.165, 1.54) is 0 Å². The minimum atomic E-state index is -2.29. The van der Waals surface area contributed by atoms with E-state index in [9.17, 15) is 4.79 Å². The lowest BCUT2D eigenvalue weighted by Crippen LogP contribution is -2.55. The topological polar surface area (TPSA) is 135 Å². The normalized spacial score (nSPS) is 25.6. The standard InChI is InChI=1S/C50H72FN7O7Si/c1-31-26-34-33(27-52-58(34)36-17-12-13-24-62-36)38(37(31)32-18-19-32)41-40(51)42-39(44(53-41)60-9)43(56-23-25-61-29-49(8,28-56)65-66(10,11)48(5,6)7)55-45(54-42)63-30-50-20-14-16-35(50)57(22-15-21-50)46(59)64-47(2,3)4/h26-27,32,35-36H,12-25,28-30H2,1-11H3/t35-,36?,49+,50-/m1/s1. The molecule has 66 heavy (non-hydrogen) atoms. The molecule has 3 aliphatic heterocycles. The van der Waals surface area contributed by atoms with Crippen LogP contribution < -0.4 is 14.4 Å². The summed E-state index contributed by atoms with van der Waals surface area (Å²) < 4.78 is 58.8. The van der Waals surface area contributed by atoms with Gasteiger partial charge in [-0.3, -0.25) is 0 Å². The molecule has 0 radical (unpaired) electrons. The van der Waals surface area contributed by atoms with Crippen molar-refractivity contribution in [3.05, 3.63) is 29.2 Å². The number of aromatic nitrogens is 5. The van der Waals surface area contributed by atoms with E-state index < -0.39 is 25.3 Å². The van der Waals surface area contributed by atoms with Gasteiger partial charge in [0.05, 0.1) is 44.2 Å². The van der Waals surface area contributed by atoms with Gasteiger partial charge in [0.25, 0.3) is 0 Å². The number of piperidine rings is 1. The molecule has 16 heteroatoms. The van der Waals surface area contributed by atoms with E-state index in [4.69, 9.17) is 48.2 Å². The number of amides is 1. The Hall–Kier alpha value is -4.12. The number of likely N-dealkylation sites (tertiary alicyclic amines) is 1. The number of aryl methyl sites for hydroxylation is 1. The van der Waals surface area contributed by atoms with E-state index in [2.05, 4.69) is 58.7 Å². The monoisotopic (exact) mass is 930 g/mol. The molecule has 3 saturated heterocycles. The number of hydrogen-bond donors (Lipinski definition) is 0. The van der Waals surface area contributed by atoms with Crippen LogP contribution in [0.2, 0.25) is 18.1 Å². The number of pyridine rings is 1. The number of hydrogen-bond acceptors (Lipinski definition) is 12. The second-order valence-corrected chi connectivity index (χ2v) is 27.3. The third-order valence-electron chi connectivity index (χ3n) is 15.2. The number of rotatable bonds is 10. The number of halogens is 1. The van der Waals surface area contributed by atoms with Gasteiger partial charge < -0.3 is 37.9 Å². The summed E-state index contributed by atoms with van der Waals surface area (Å²) in [5.41, 5.74) is 2.30. The Morgan fingerprint density at radius 2 is 1.76 bits per heavy atom. The molecule has 4 aromatic rings. The Labute approximate surface area is 390 Å². The first-order chi connectivity index (χ1) is 31.2. The van der Waals surface area contributed by atoms with Gasteiger partial charge >= 0.3 is 12.1 Å². The molecular weight excluding hydrogens is 858 g/mol. The Balaban J connectivity index is 1.19. The second kappa shape index (κ2) is 17.4. The molecule has 6 heterocycles. The number of carbonyl (C=O) groups excluding carboxylic acids is 1. The Morgan fingerprint density at radius 1 is 0.985 bits per heavy atom. The molecule has 4 atom stereocenters. The Bertz CT molecular complexity index is 2480. The van der Waals surface area contributed by atoms with E-state index in [1.807, 2.05) is 36.5 Å². The smallest absolute Gasteiger partial charge is 0.410 e. The fraction of sp³-hybridized carbons (Fsp3) is 0.700. The fourth-order valence-corrected chi connectivity index (χ4v) is 12.7. The van der Waals surface area contributed by atoms with Crippen LogP contribution in [0.15, 0.2) is 12.3 Å². The number of nitrogens with zero attached hydrogens (tertiary/aromatic N) is 7. The van der Waals surface area contributed by atoms with Crippen LogP contribution in [0, 0.1) is 18.2 Å². The van der Waals surface area contributed by atoms with E-state index in [0.29, 0.717) is 56.2 Å². The highest BCUT2D eigenvalue weighted by atomic mass is 28.4. The highest BCUT2D eigenvalue weighted by Crippen LogP contribution is 2.52. The summed E-state index contributed by atoms with van der Waals surface area (Å²) in [6.45, 7) is 24.3. The summed E-state index contributed by atoms with van der Waals surface area (Å²) in [7, 11) is -0.717. The molecule has 3 aromatic heterocycles. The van der Waals surface area contributed by atoms with Gasteiger partial charge in [0.1, 0.15) is 28.0 Å². The first-order valence-corrected chi connectivity index (χ1v) is 27.4. The number of benzene rings is 1. The molecule has 9 rings (SSSR count). The zero-order valence-electron chi connectivity index (χ0n) is 41.3. The lowest BCUT2D eigenvalue weighted by atomic mass is 9.75. The molecule has 5 fully saturated rings. The van der Waals surface area contributed by atoms with Gasteiger partial charge in [-0.25, -0.2) is 18.9 Å². The van der Waals surface area contributed by atoms with Crippen LogP contribution in [-0.2, 0) is 18.6 Å². The lowest BCUT2D eigenvalue weighted by Gasteiger charge is -2.46. The van der Waals surface area contributed by atoms with Crippen molar-refractivity contribution in [3.63, 3.8) is 0 Å². The highest BCUT2D eigenvalue weighted by molar-refractivity contribution is 6.74. The predicted octanol–water partition coefficient (Wildman–Crippen LogP) is 10.6. The van der Waals surface area contributed by atoms with E-state index in [-0.39, 0.29) is 64.4 Å². The van der Waals surface area contributed by atoms with Crippen LogP contribution in [0.1, 0.15) is 136 Å². The predicted molar refractivity (Wildman–Crippen MR) is 256 cm³/mol. The second-order valence-electron chi connectivity index (χ2n) is 22.6. The largest absolute Gasteiger partial charge is 0.480 e. The number of anilines is 1. The van der Waals surface area contributed by atoms with Crippen molar-refractivity contribution < 1.29 is 37.3 Å². The number of carbonyl (C=O) groups is 1. The van der Waals surface area contributed by atoms with Crippen LogP contribution >= 0.6 is 0 Å². The van der Waals surface area contributed by atoms with Gasteiger partial charge in [-0.1, -0.05) is 27.2 Å². The third kappa shape index (κ3) is 8.88. The quantitative estimate of drug-likeness (QED) is 0.140. The van der Waals surface area contributed by atoms with Gasteiger partial charge in [-0.05, 0) is 134 Å². The summed E-state index contributed by atoms with van der Waals surface area (Å²) in [4.78, 5) is 32.9. The van der Waals surface area contributed by atoms with Gasteiger partial charge in [-0.15, -0.1) is 0 Å². The summed E-state index contributed by atoms with van der Waals surface area (Å²) in [6, 6.07) is 2.17. The first-order valence-electron chi connectivity index (χ1n) is 24.4. The maximum Gasteiger partial charge on any atom is 0.410 e. The van der Waals surface area contributed by atoms with Crippen LogP contribution in [0.5, 0.6) is 11.9 Å². The Kier molecular flexibility index (Phi) is 12.4. The average molecular weight is 930 g/mol. The van der Waals surface area contributed by atoms with Crippen molar-refractivity contribution in [1.82, 2.24) is 29.6 Å². The van der Waals surface area contributed by atoms with E-state index in [0.717, 1.165) is 86.2 Å². The molecule has 2 aliphatic carbocycles. The first kappa shape index (κ1) is 47.0. The van der Waals surface area contributed by atoms with Gasteiger partial charge in [-0.2, -0.15) is 15.1 Å². The van der Waals surface area contributed by atoms with Crippen molar-refractivity contribution in [2.45, 2.75) is 167 Å². The zero-order valence-corrected chi connectivity index (χ0v) is 42.3. The van der Waals surface area contributed by atoms with E-state index in [1.54, 1.807) is 7.11 Å². The molecule has 14 nitrogen and oxygen atoms in total. The van der Waals surface area contributed by atoms with E-state index >= 15 is 4.39 Å². The number of fused-ring (bicyclic) bond motifs is 3. The highest BCUT2D eigenvalue weighted by Gasteiger charge is 2.51. The minimum Gasteiger partial charge on any atom is -0.480 e. The molecule has 1 unspecified atom stereocenters. The molecule has 1 amide bonds. The third-order valence-corrected chi connectivity index (χ3v) is 19.8. The number of ether oxygens (including phenoxy) is 5. The fourth-order valence-electron chi connectivity index (χ4n) is 11.0. The summed E-state index contributed by atoms with van der Waals surface area (Å²) in [6.07, 6.45) is 10.7. The van der Waals surface area contributed by atoms with Crippen LogP contribution in [0.3, 0.4) is 0 Å². The van der Waals surface area contributed by atoms with Crippen molar-refractivity contribution in [2.75, 3.05) is 58.1 Å². The zero-order chi connectivity index (χ0) is 47.0. The minimum absolute atomic E-state index is 0.0431. The van der Waals surface area contributed by atoms with Crippen molar-refractivity contribution >= 4 is 42.0 Å². The molecule has 0 bridgehead atoms. The molecular formula is C50H72FN7O7Si. The van der Waals surface area contributed by atoms with Crippen LogP contribution in [0.25, 0.3) is 33.1 Å². The van der Waals surface area contributed by atoms with Gasteiger partial charge in [0.2, 0.25) is 5.88 Å². The maximum atomic E-state index is 18.3.